The summed E-state index contributed by atoms with van der Waals surface area (Å²) in [6, 6.07) is 0.0117. The van der Waals surface area contributed by atoms with Crippen molar-refractivity contribution in [2.45, 2.75) is 46.1 Å². The first-order valence-electron chi connectivity index (χ1n) is 4.85. The molecular weight excluding hydrogens is 162 g/mol. The number of hydrogen-bond donors (Lipinski definition) is 1. The molecule has 0 aromatic carbocycles. The first-order chi connectivity index (χ1) is 5.93. The first kappa shape index (κ1) is 12.4. The van der Waals surface area contributed by atoms with Gasteiger partial charge in [-0.15, -0.1) is 6.58 Å². The fourth-order valence-electron chi connectivity index (χ4n) is 0.953. The van der Waals surface area contributed by atoms with Crippen LogP contribution in [-0.2, 0) is 4.79 Å². The van der Waals surface area contributed by atoms with Crippen LogP contribution in [0, 0.1) is 5.92 Å². The molecule has 2 N–H and O–H groups in total. The lowest BCUT2D eigenvalue weighted by Crippen LogP contribution is -2.29. The maximum atomic E-state index is 11.3. The Morgan fingerprint density at radius 2 is 1.92 bits per heavy atom. The van der Waals surface area contributed by atoms with E-state index in [9.17, 15) is 4.79 Å². The van der Waals surface area contributed by atoms with Gasteiger partial charge in [-0.2, -0.15) is 0 Å². The number of Topliss-reactive ketones (excluding diaryl/α,β-unsaturated/α-hetero) is 1. The lowest BCUT2D eigenvalue weighted by molar-refractivity contribution is -0.119. The van der Waals surface area contributed by atoms with Crippen LogP contribution >= 0.6 is 0 Å². The molecule has 0 aliphatic heterocycles. The second-order valence-corrected chi connectivity index (χ2v) is 4.11. The number of ketones is 1. The molecule has 2 heteroatoms. The molecule has 0 saturated heterocycles. The van der Waals surface area contributed by atoms with Crippen molar-refractivity contribution < 1.29 is 4.79 Å². The molecule has 0 aromatic heterocycles. The zero-order valence-corrected chi connectivity index (χ0v) is 8.97. The Bertz CT molecular complexity index is 185. The van der Waals surface area contributed by atoms with Crippen molar-refractivity contribution in [3.8, 4) is 0 Å². The van der Waals surface area contributed by atoms with Crippen LogP contribution in [-0.4, -0.2) is 11.8 Å². The van der Waals surface area contributed by atoms with Crippen LogP contribution in [0.25, 0.3) is 0 Å². The molecule has 0 radical (unpaired) electrons. The van der Waals surface area contributed by atoms with Crippen LogP contribution in [0.5, 0.6) is 0 Å². The molecule has 0 rings (SSSR count). The minimum absolute atomic E-state index is 0.0117. The molecule has 0 spiro atoms. The van der Waals surface area contributed by atoms with Gasteiger partial charge in [-0.3, -0.25) is 4.79 Å². The summed E-state index contributed by atoms with van der Waals surface area (Å²) in [5.74, 6) is 0.637. The standard InChI is InChI=1S/C11H21NO/c1-8(2)5-6-10(13)7-11(12)9(3)4/h9,11H,1,5-7,12H2,2-4H3. The minimum Gasteiger partial charge on any atom is -0.327 e. The van der Waals surface area contributed by atoms with E-state index in [1.807, 2.05) is 20.8 Å². The monoisotopic (exact) mass is 183 g/mol. The van der Waals surface area contributed by atoms with Crippen molar-refractivity contribution in [2.75, 3.05) is 0 Å². The van der Waals surface area contributed by atoms with E-state index in [1.54, 1.807) is 0 Å². The predicted molar refractivity (Wildman–Crippen MR) is 56.5 cm³/mol. The molecule has 2 nitrogen and oxygen atoms in total. The predicted octanol–water partition coefficient (Wildman–Crippen LogP) is 2.29. The van der Waals surface area contributed by atoms with Crippen LogP contribution in [0.2, 0.25) is 0 Å². The van der Waals surface area contributed by atoms with Crippen LogP contribution < -0.4 is 5.73 Å². The fourth-order valence-corrected chi connectivity index (χ4v) is 0.953. The summed E-state index contributed by atoms with van der Waals surface area (Å²) in [5, 5.41) is 0. The van der Waals surface area contributed by atoms with Gasteiger partial charge in [-0.25, -0.2) is 0 Å². The SMILES string of the molecule is C=C(C)CCC(=O)CC(N)C(C)C. The van der Waals surface area contributed by atoms with E-state index >= 15 is 0 Å². The third kappa shape index (κ3) is 6.52. The number of rotatable bonds is 6. The normalized spacial score (nSPS) is 13.0. The topological polar surface area (TPSA) is 43.1 Å². The Labute approximate surface area is 81.2 Å². The molecule has 1 unspecified atom stereocenters. The molecular formula is C11H21NO. The van der Waals surface area contributed by atoms with Gasteiger partial charge in [0.25, 0.3) is 0 Å². The summed E-state index contributed by atoms with van der Waals surface area (Å²) in [4.78, 5) is 11.3. The second-order valence-electron chi connectivity index (χ2n) is 4.11. The fraction of sp³-hybridized carbons (Fsp3) is 0.727. The van der Waals surface area contributed by atoms with Crippen molar-refractivity contribution in [3.05, 3.63) is 12.2 Å². The summed E-state index contributed by atoms with van der Waals surface area (Å²) in [6.07, 6.45) is 1.89. The molecule has 0 bridgehead atoms. The van der Waals surface area contributed by atoms with E-state index in [0.29, 0.717) is 18.8 Å². The van der Waals surface area contributed by atoms with Crippen LogP contribution in [0.1, 0.15) is 40.0 Å². The quantitative estimate of drug-likeness (QED) is 0.642. The molecule has 0 amide bonds. The Morgan fingerprint density at radius 1 is 1.38 bits per heavy atom. The van der Waals surface area contributed by atoms with Gasteiger partial charge >= 0.3 is 0 Å². The van der Waals surface area contributed by atoms with Crippen LogP contribution in [0.15, 0.2) is 12.2 Å². The first-order valence-corrected chi connectivity index (χ1v) is 4.85. The minimum atomic E-state index is 0.0117. The summed E-state index contributed by atoms with van der Waals surface area (Å²) < 4.78 is 0. The molecule has 1 atom stereocenters. The van der Waals surface area contributed by atoms with Gasteiger partial charge in [0.05, 0.1) is 0 Å². The largest absolute Gasteiger partial charge is 0.327 e. The highest BCUT2D eigenvalue weighted by atomic mass is 16.1. The average Bonchev–Trinajstić information content (AvgIpc) is 2.00. The third-order valence-corrected chi connectivity index (χ3v) is 2.15. The molecule has 0 heterocycles. The molecule has 0 fully saturated rings. The van der Waals surface area contributed by atoms with E-state index in [4.69, 9.17) is 5.73 Å². The summed E-state index contributed by atoms with van der Waals surface area (Å²) in [5.41, 5.74) is 6.84. The zero-order chi connectivity index (χ0) is 10.4. The summed E-state index contributed by atoms with van der Waals surface area (Å²) >= 11 is 0. The number of hydrogen-bond acceptors (Lipinski definition) is 2. The Balaban J connectivity index is 3.68. The van der Waals surface area contributed by atoms with Gasteiger partial charge < -0.3 is 5.73 Å². The lowest BCUT2D eigenvalue weighted by Gasteiger charge is -2.14. The van der Waals surface area contributed by atoms with Gasteiger partial charge in [0.2, 0.25) is 0 Å². The highest BCUT2D eigenvalue weighted by molar-refractivity contribution is 5.79. The summed E-state index contributed by atoms with van der Waals surface area (Å²) in [6.45, 7) is 9.77. The third-order valence-electron chi connectivity index (χ3n) is 2.15. The average molecular weight is 183 g/mol. The molecule has 0 saturated carbocycles. The molecule has 76 valence electrons. The van der Waals surface area contributed by atoms with E-state index in [1.165, 1.54) is 0 Å². The Kier molecular flexibility index (Phi) is 5.63. The van der Waals surface area contributed by atoms with E-state index in [2.05, 4.69) is 6.58 Å². The van der Waals surface area contributed by atoms with Gasteiger partial charge in [0.15, 0.2) is 0 Å². The second kappa shape index (κ2) is 5.92. The highest BCUT2D eigenvalue weighted by Gasteiger charge is 2.12. The number of carbonyl (C=O) groups excluding carboxylic acids is 1. The van der Waals surface area contributed by atoms with E-state index in [-0.39, 0.29) is 11.8 Å². The van der Waals surface area contributed by atoms with E-state index in [0.717, 1.165) is 12.0 Å². The molecule has 0 aliphatic carbocycles. The van der Waals surface area contributed by atoms with Gasteiger partial charge in [0, 0.05) is 18.9 Å². The maximum Gasteiger partial charge on any atom is 0.134 e. The Morgan fingerprint density at radius 3 is 2.31 bits per heavy atom. The highest BCUT2D eigenvalue weighted by Crippen LogP contribution is 2.08. The maximum absolute atomic E-state index is 11.3. The summed E-state index contributed by atoms with van der Waals surface area (Å²) in [7, 11) is 0. The number of carbonyl (C=O) groups is 1. The zero-order valence-electron chi connectivity index (χ0n) is 8.97. The lowest BCUT2D eigenvalue weighted by atomic mass is 9.97. The van der Waals surface area contributed by atoms with Crippen LogP contribution in [0.3, 0.4) is 0 Å². The van der Waals surface area contributed by atoms with Crippen molar-refractivity contribution in [1.29, 1.82) is 0 Å². The van der Waals surface area contributed by atoms with Crippen molar-refractivity contribution >= 4 is 5.78 Å². The van der Waals surface area contributed by atoms with Gasteiger partial charge in [-0.1, -0.05) is 19.4 Å². The molecule has 0 aromatic rings. The number of nitrogens with two attached hydrogens (primary N) is 1. The smallest absolute Gasteiger partial charge is 0.134 e. The molecule has 13 heavy (non-hydrogen) atoms. The Hall–Kier alpha value is -0.630. The van der Waals surface area contributed by atoms with Crippen molar-refractivity contribution in [2.24, 2.45) is 11.7 Å². The van der Waals surface area contributed by atoms with Gasteiger partial charge in [-0.05, 0) is 19.3 Å². The van der Waals surface area contributed by atoms with E-state index < -0.39 is 0 Å². The number of allylic oxidation sites excluding steroid dienone is 1. The van der Waals surface area contributed by atoms with Crippen molar-refractivity contribution in [3.63, 3.8) is 0 Å². The van der Waals surface area contributed by atoms with Crippen LogP contribution in [0.4, 0.5) is 0 Å². The van der Waals surface area contributed by atoms with Gasteiger partial charge in [0.1, 0.15) is 5.78 Å². The van der Waals surface area contributed by atoms with Crippen molar-refractivity contribution in [1.82, 2.24) is 0 Å². The molecule has 0 aliphatic rings.